The maximum absolute atomic E-state index is 13.1. The Morgan fingerprint density at radius 3 is 1.41 bits per heavy atom. The van der Waals surface area contributed by atoms with Crippen LogP contribution >= 0.6 is 15.9 Å². The molecule has 0 unspecified atom stereocenters. The average molecular weight is 888 g/mol. The second-order valence-corrected chi connectivity index (χ2v) is 13.3. The Labute approximate surface area is 341 Å². The average Bonchev–Trinajstić information content (AvgIpc) is 3.19. The lowest BCUT2D eigenvalue weighted by molar-refractivity contribution is -0.154. The summed E-state index contributed by atoms with van der Waals surface area (Å²) in [5.41, 5.74) is -0.996. The summed E-state index contributed by atoms with van der Waals surface area (Å²) in [5, 5.41) is 9.97. The van der Waals surface area contributed by atoms with Crippen LogP contribution < -0.4 is 14.2 Å². The van der Waals surface area contributed by atoms with Gasteiger partial charge in [-0.25, -0.2) is 9.59 Å². The minimum absolute atomic E-state index is 0.0908. The zero-order valence-corrected chi connectivity index (χ0v) is 33.6. The number of esters is 1. The molecule has 0 spiro atoms. The molecule has 0 aliphatic rings. The van der Waals surface area contributed by atoms with E-state index in [0.717, 1.165) is 28.6 Å². The van der Waals surface area contributed by atoms with Gasteiger partial charge in [0.1, 0.15) is 17.2 Å². The summed E-state index contributed by atoms with van der Waals surface area (Å²) < 4.78 is 110. The van der Waals surface area contributed by atoms with E-state index in [1.54, 1.807) is 31.2 Å². The first-order valence-electron chi connectivity index (χ1n) is 18.0. The van der Waals surface area contributed by atoms with Gasteiger partial charge in [0.2, 0.25) is 0 Å². The third kappa shape index (κ3) is 16.2. The number of aliphatic carboxylic acids is 1. The quantitative estimate of drug-likeness (QED) is 0.0402. The summed E-state index contributed by atoms with van der Waals surface area (Å²) >= 11 is 3.36. The van der Waals surface area contributed by atoms with Crippen LogP contribution in [0.3, 0.4) is 0 Å². The minimum Gasteiger partial charge on any atom is -0.494 e. The Kier molecular flexibility index (Phi) is 19.3. The third-order valence-electron chi connectivity index (χ3n) is 8.23. The smallest absolute Gasteiger partial charge is 0.416 e. The van der Waals surface area contributed by atoms with E-state index in [2.05, 4.69) is 15.9 Å². The second kappa shape index (κ2) is 23.6. The highest BCUT2D eigenvalue weighted by Gasteiger charge is 2.37. The molecule has 0 saturated heterocycles. The van der Waals surface area contributed by atoms with Gasteiger partial charge in [-0.1, -0.05) is 52.3 Å². The van der Waals surface area contributed by atoms with Gasteiger partial charge in [-0.2, -0.15) is 26.3 Å². The Hall–Kier alpha value is -4.80. The fourth-order valence-corrected chi connectivity index (χ4v) is 5.42. The highest BCUT2D eigenvalue weighted by Crippen LogP contribution is 2.39. The molecular formula is C42H45BrF6O9. The Morgan fingerprint density at radius 1 is 0.621 bits per heavy atom. The van der Waals surface area contributed by atoms with Crippen LogP contribution in [0.5, 0.6) is 17.2 Å². The summed E-state index contributed by atoms with van der Waals surface area (Å²) in [7, 11) is 2.84. The number of benzene rings is 4. The first kappa shape index (κ1) is 47.6. The predicted octanol–water partition coefficient (Wildman–Crippen LogP) is 9.85. The monoisotopic (exact) mass is 886 g/mol. The molecule has 4 rings (SSSR count). The first-order valence-corrected chi connectivity index (χ1v) is 19.2. The van der Waals surface area contributed by atoms with Gasteiger partial charge < -0.3 is 33.5 Å². The number of carbonyl (C=O) groups is 2. The molecule has 0 aliphatic heterocycles. The van der Waals surface area contributed by atoms with Crippen molar-refractivity contribution in [2.45, 2.75) is 57.2 Å². The number of halogens is 7. The van der Waals surface area contributed by atoms with Gasteiger partial charge in [-0.3, -0.25) is 0 Å². The van der Waals surface area contributed by atoms with Crippen LogP contribution in [0.1, 0.15) is 42.0 Å². The van der Waals surface area contributed by atoms with Gasteiger partial charge in [0.25, 0.3) is 0 Å². The fourth-order valence-electron chi connectivity index (χ4n) is 5.19. The van der Waals surface area contributed by atoms with Gasteiger partial charge in [-0.05, 0) is 90.2 Å². The van der Waals surface area contributed by atoms with Crippen LogP contribution in [-0.4, -0.2) is 75.2 Å². The standard InChI is InChI=1S/C27H24F6O5.C15H21BrO4/c1-36-24(25(34)35)13-17-3-7-22(8-4-17)37-11-2-12-38-23-9-5-18(6-10-23)19-14-20(26(28,29)30)16-21(15-19)27(31,32)33;1-3-19-15(17)14(18-2)11-12-5-7-13(8-6-12)20-10-4-9-16/h3-10,14-16,24H,2,11-13H2,1H3,(H,34,35);5-8,14H,3-4,9-11H2,1-2H3/t24-;14-/m00/s1. The van der Waals surface area contributed by atoms with Crippen molar-refractivity contribution < 1.29 is 69.5 Å². The molecule has 2 atom stereocenters. The van der Waals surface area contributed by atoms with Crippen LogP contribution in [-0.2, 0) is 49.0 Å². The van der Waals surface area contributed by atoms with E-state index in [9.17, 15) is 35.9 Å². The fraction of sp³-hybridized carbons (Fsp3) is 0.381. The molecule has 1 N–H and O–H groups in total. The van der Waals surface area contributed by atoms with Crippen LogP contribution in [0, 0.1) is 0 Å². The van der Waals surface area contributed by atoms with Crippen LogP contribution in [0.4, 0.5) is 26.3 Å². The molecule has 4 aromatic carbocycles. The molecule has 0 aromatic heterocycles. The van der Waals surface area contributed by atoms with Gasteiger partial charge >= 0.3 is 24.3 Å². The first-order chi connectivity index (χ1) is 27.6. The van der Waals surface area contributed by atoms with E-state index in [4.69, 9.17) is 33.5 Å². The molecule has 0 amide bonds. The summed E-state index contributed by atoms with van der Waals surface area (Å²) in [6.45, 7) is 3.40. The summed E-state index contributed by atoms with van der Waals surface area (Å²) in [6.07, 6.45) is -9.15. The number of hydrogen-bond acceptors (Lipinski definition) is 8. The molecular weight excluding hydrogens is 842 g/mol. The number of carbonyl (C=O) groups excluding carboxylic acids is 1. The van der Waals surface area contributed by atoms with Gasteiger partial charge in [-0.15, -0.1) is 0 Å². The Morgan fingerprint density at radius 2 is 1.03 bits per heavy atom. The number of methoxy groups -OCH3 is 2. The molecule has 9 nitrogen and oxygen atoms in total. The van der Waals surface area contributed by atoms with E-state index >= 15 is 0 Å². The highest BCUT2D eigenvalue weighted by molar-refractivity contribution is 9.09. The normalized spacial score (nSPS) is 12.4. The summed E-state index contributed by atoms with van der Waals surface area (Å²) in [4.78, 5) is 22.7. The molecule has 0 bridgehead atoms. The number of hydrogen-bond donors (Lipinski definition) is 1. The molecule has 58 heavy (non-hydrogen) atoms. The molecule has 0 heterocycles. The van der Waals surface area contributed by atoms with Gasteiger partial charge in [0.15, 0.2) is 12.2 Å². The Balaban J connectivity index is 0.000000379. The SMILES string of the molecule is CCOC(=O)[C@H](Cc1ccc(OCCCBr)cc1)OC.CO[C@@H](Cc1ccc(OCCCOc2ccc(-c3cc(C(F)(F)F)cc(C(F)(F)F)c3)cc2)cc1)C(=O)O. The van der Waals surface area contributed by atoms with Crippen LogP contribution in [0.25, 0.3) is 11.1 Å². The van der Waals surface area contributed by atoms with Crippen LogP contribution in [0.2, 0.25) is 0 Å². The lowest BCUT2D eigenvalue weighted by Gasteiger charge is -2.14. The predicted molar refractivity (Wildman–Crippen MR) is 208 cm³/mol. The van der Waals surface area contributed by atoms with E-state index in [1.165, 1.54) is 38.5 Å². The van der Waals surface area contributed by atoms with Crippen molar-refractivity contribution in [1.82, 2.24) is 0 Å². The van der Waals surface area contributed by atoms with Gasteiger partial charge in [0.05, 0.1) is 37.6 Å². The van der Waals surface area contributed by atoms with E-state index in [0.29, 0.717) is 56.3 Å². The third-order valence-corrected chi connectivity index (χ3v) is 8.79. The van der Waals surface area contributed by atoms with E-state index < -0.39 is 41.7 Å². The topological polar surface area (TPSA) is 110 Å². The van der Waals surface area contributed by atoms with Crippen molar-refractivity contribution in [3.8, 4) is 28.4 Å². The lowest BCUT2D eigenvalue weighted by Crippen LogP contribution is -2.27. The molecule has 0 saturated carbocycles. The Bertz CT molecular complexity index is 1800. The van der Waals surface area contributed by atoms with E-state index in [1.807, 2.05) is 24.3 Å². The van der Waals surface area contributed by atoms with Crippen molar-refractivity contribution in [2.75, 3.05) is 46.0 Å². The molecule has 0 radical (unpaired) electrons. The number of carboxylic acids is 1. The molecule has 16 heteroatoms. The maximum atomic E-state index is 13.1. The zero-order valence-electron chi connectivity index (χ0n) is 32.0. The van der Waals surface area contributed by atoms with Crippen molar-refractivity contribution in [3.05, 3.63) is 113 Å². The number of alkyl halides is 7. The summed E-state index contributed by atoms with van der Waals surface area (Å²) in [6, 6.07) is 21.7. The molecule has 4 aromatic rings. The van der Waals surface area contributed by atoms with Gasteiger partial charge in [0, 0.05) is 38.8 Å². The van der Waals surface area contributed by atoms with Crippen molar-refractivity contribution in [1.29, 1.82) is 0 Å². The second-order valence-electron chi connectivity index (χ2n) is 12.5. The molecule has 316 valence electrons. The minimum atomic E-state index is -4.92. The maximum Gasteiger partial charge on any atom is 0.416 e. The number of rotatable bonds is 20. The number of ether oxygens (including phenoxy) is 6. The van der Waals surface area contributed by atoms with E-state index in [-0.39, 0.29) is 36.2 Å². The van der Waals surface area contributed by atoms with Crippen molar-refractivity contribution in [2.24, 2.45) is 0 Å². The van der Waals surface area contributed by atoms with Crippen molar-refractivity contribution in [3.63, 3.8) is 0 Å². The zero-order chi connectivity index (χ0) is 42.7. The number of carboxylic acid groups (broad SMARTS) is 1. The van der Waals surface area contributed by atoms with Crippen LogP contribution in [0.15, 0.2) is 91.0 Å². The highest BCUT2D eigenvalue weighted by atomic mass is 79.9. The molecule has 0 fully saturated rings. The lowest BCUT2D eigenvalue weighted by atomic mass is 9.99. The molecule has 0 aliphatic carbocycles. The summed E-state index contributed by atoms with van der Waals surface area (Å²) in [5.74, 6) is 0.440. The van der Waals surface area contributed by atoms with Crippen molar-refractivity contribution >= 4 is 27.9 Å². The largest absolute Gasteiger partial charge is 0.494 e.